The maximum Gasteiger partial charge on any atom is 0.433 e. The summed E-state index contributed by atoms with van der Waals surface area (Å²) in [6.45, 7) is 3.15. The maximum atomic E-state index is 13.1. The van der Waals surface area contributed by atoms with Crippen molar-refractivity contribution in [3.8, 4) is 0 Å². The third kappa shape index (κ3) is 6.67. The van der Waals surface area contributed by atoms with E-state index >= 15 is 0 Å². The van der Waals surface area contributed by atoms with Crippen LogP contribution in [0, 0.1) is 12.7 Å². The molecule has 0 saturated carbocycles. The fourth-order valence-corrected chi connectivity index (χ4v) is 2.43. The predicted molar refractivity (Wildman–Crippen MR) is 99.7 cm³/mol. The predicted octanol–water partition coefficient (Wildman–Crippen LogP) is 2.76. The zero-order valence-electron chi connectivity index (χ0n) is 15.6. The molecule has 0 spiro atoms. The molecule has 0 aliphatic carbocycles. The first kappa shape index (κ1) is 21.4. The van der Waals surface area contributed by atoms with E-state index in [1.165, 1.54) is 12.1 Å². The first-order chi connectivity index (χ1) is 13.3. The number of nitrogens with zero attached hydrogens (tertiary/aromatic N) is 3. The zero-order valence-corrected chi connectivity index (χ0v) is 15.6. The van der Waals surface area contributed by atoms with E-state index in [1.54, 1.807) is 13.1 Å². The summed E-state index contributed by atoms with van der Waals surface area (Å²) in [7, 11) is 1.61. The van der Waals surface area contributed by atoms with Gasteiger partial charge in [0.1, 0.15) is 11.5 Å². The van der Waals surface area contributed by atoms with Gasteiger partial charge in [-0.15, -0.1) is 0 Å². The lowest BCUT2D eigenvalue weighted by molar-refractivity contribution is -0.141. The summed E-state index contributed by atoms with van der Waals surface area (Å²) < 4.78 is 51.0. The highest BCUT2D eigenvalue weighted by molar-refractivity contribution is 5.79. The van der Waals surface area contributed by atoms with Crippen LogP contribution in [0.2, 0.25) is 0 Å². The topological polar surface area (TPSA) is 74.2 Å². The number of aliphatic imine (C=N–C) groups is 1. The molecule has 2 aromatic rings. The average Bonchev–Trinajstić information content (AvgIpc) is 2.65. The van der Waals surface area contributed by atoms with Gasteiger partial charge in [0.05, 0.1) is 0 Å². The third-order valence-corrected chi connectivity index (χ3v) is 3.86. The molecule has 28 heavy (non-hydrogen) atoms. The highest BCUT2D eigenvalue weighted by atomic mass is 19.4. The number of benzene rings is 1. The molecule has 2 rings (SSSR count). The highest BCUT2D eigenvalue weighted by Gasteiger charge is 2.32. The number of alkyl halides is 3. The Balaban J connectivity index is 1.72. The monoisotopic (exact) mass is 398 g/mol. The van der Waals surface area contributed by atoms with Crippen LogP contribution in [-0.4, -0.2) is 42.6 Å². The van der Waals surface area contributed by atoms with Gasteiger partial charge in [0.15, 0.2) is 5.96 Å². The van der Waals surface area contributed by atoms with Gasteiger partial charge >= 0.3 is 6.18 Å². The first-order valence-corrected chi connectivity index (χ1v) is 8.63. The number of nitrogens with one attached hydrogen (secondary N) is 3. The van der Waals surface area contributed by atoms with Gasteiger partial charge in [-0.2, -0.15) is 13.2 Å². The van der Waals surface area contributed by atoms with Gasteiger partial charge in [0.2, 0.25) is 5.95 Å². The van der Waals surface area contributed by atoms with Gasteiger partial charge in [-0.1, -0.05) is 6.07 Å². The number of aromatic nitrogens is 2. The molecule has 0 aliphatic heterocycles. The van der Waals surface area contributed by atoms with Crippen molar-refractivity contribution in [2.45, 2.75) is 19.5 Å². The van der Waals surface area contributed by atoms with Crippen LogP contribution in [0.15, 0.2) is 35.5 Å². The molecule has 0 saturated heterocycles. The molecule has 1 heterocycles. The number of halogens is 4. The summed E-state index contributed by atoms with van der Waals surface area (Å²) in [6, 6.07) is 5.49. The number of anilines is 1. The van der Waals surface area contributed by atoms with Gasteiger partial charge in [-0.3, -0.25) is 4.99 Å². The van der Waals surface area contributed by atoms with Crippen LogP contribution in [-0.2, 0) is 12.6 Å². The second-order valence-corrected chi connectivity index (χ2v) is 5.94. The van der Waals surface area contributed by atoms with E-state index in [9.17, 15) is 17.6 Å². The Hall–Kier alpha value is -2.91. The second kappa shape index (κ2) is 9.86. The maximum absolute atomic E-state index is 13.1. The minimum absolute atomic E-state index is 0.0913. The smallest absolute Gasteiger partial charge is 0.356 e. The summed E-state index contributed by atoms with van der Waals surface area (Å²) in [6.07, 6.45) is -2.75. The summed E-state index contributed by atoms with van der Waals surface area (Å²) in [5.74, 6) is 0.196. The number of aryl methyl sites for hydroxylation is 1. The first-order valence-electron chi connectivity index (χ1n) is 8.63. The Bertz CT molecular complexity index is 807. The van der Waals surface area contributed by atoms with Gasteiger partial charge in [-0.25, -0.2) is 14.4 Å². The van der Waals surface area contributed by atoms with Crippen LogP contribution in [0.1, 0.15) is 16.8 Å². The molecule has 0 bridgehead atoms. The van der Waals surface area contributed by atoms with Crippen molar-refractivity contribution in [1.82, 2.24) is 20.6 Å². The van der Waals surface area contributed by atoms with Crippen molar-refractivity contribution in [2.24, 2.45) is 4.99 Å². The third-order valence-electron chi connectivity index (χ3n) is 3.86. The molecule has 10 heteroatoms. The van der Waals surface area contributed by atoms with Crippen molar-refractivity contribution < 1.29 is 17.6 Å². The Kier molecular flexibility index (Phi) is 7.53. The van der Waals surface area contributed by atoms with Crippen molar-refractivity contribution >= 4 is 11.9 Å². The molecule has 3 N–H and O–H groups in total. The molecule has 1 aromatic heterocycles. The SMILES string of the molecule is CN=C(NCCNc1nccc(C(F)(F)F)n1)NCCc1ccc(F)cc1C. The molecule has 0 fully saturated rings. The summed E-state index contributed by atoms with van der Waals surface area (Å²) in [5.41, 5.74) is 0.925. The van der Waals surface area contributed by atoms with E-state index in [4.69, 9.17) is 0 Å². The minimum atomic E-state index is -4.51. The fourth-order valence-electron chi connectivity index (χ4n) is 2.43. The molecule has 0 atom stereocenters. The molecule has 1 aromatic carbocycles. The molecule has 0 radical (unpaired) electrons. The standard InChI is InChI=1S/C18H22F4N6/c1-12-11-14(19)4-3-13(12)5-7-24-16(23-2)26-9-10-27-17-25-8-6-15(28-17)18(20,21)22/h3-4,6,8,11H,5,7,9-10H2,1-2H3,(H2,23,24,26)(H,25,27,28). The minimum Gasteiger partial charge on any atom is -0.356 e. The normalized spacial score (nSPS) is 12.0. The molecule has 0 unspecified atom stereocenters. The number of hydrogen-bond donors (Lipinski definition) is 3. The Morgan fingerprint density at radius 1 is 1.11 bits per heavy atom. The Morgan fingerprint density at radius 3 is 2.54 bits per heavy atom. The van der Waals surface area contributed by atoms with Crippen LogP contribution in [0.3, 0.4) is 0 Å². The molecular weight excluding hydrogens is 376 g/mol. The lowest BCUT2D eigenvalue weighted by Crippen LogP contribution is -2.40. The number of rotatable bonds is 7. The van der Waals surface area contributed by atoms with E-state index in [0.717, 1.165) is 23.4 Å². The highest BCUT2D eigenvalue weighted by Crippen LogP contribution is 2.27. The van der Waals surface area contributed by atoms with Gasteiger partial charge in [0.25, 0.3) is 0 Å². The lowest BCUT2D eigenvalue weighted by Gasteiger charge is -2.13. The quantitative estimate of drug-likeness (QED) is 0.290. The summed E-state index contributed by atoms with van der Waals surface area (Å²) in [4.78, 5) is 11.3. The van der Waals surface area contributed by atoms with E-state index in [-0.39, 0.29) is 11.8 Å². The van der Waals surface area contributed by atoms with E-state index < -0.39 is 11.9 Å². The van der Waals surface area contributed by atoms with Gasteiger partial charge < -0.3 is 16.0 Å². The second-order valence-electron chi connectivity index (χ2n) is 5.94. The zero-order chi connectivity index (χ0) is 20.6. The number of hydrogen-bond acceptors (Lipinski definition) is 4. The lowest BCUT2D eigenvalue weighted by atomic mass is 10.1. The molecule has 6 nitrogen and oxygen atoms in total. The van der Waals surface area contributed by atoms with Crippen LogP contribution >= 0.6 is 0 Å². The fraction of sp³-hybridized carbons (Fsp3) is 0.389. The van der Waals surface area contributed by atoms with E-state index in [0.29, 0.717) is 32.0 Å². The summed E-state index contributed by atoms with van der Waals surface area (Å²) >= 11 is 0. The van der Waals surface area contributed by atoms with Crippen molar-refractivity contribution in [2.75, 3.05) is 32.0 Å². The van der Waals surface area contributed by atoms with Crippen LogP contribution in [0.5, 0.6) is 0 Å². The Morgan fingerprint density at radius 2 is 1.86 bits per heavy atom. The molecule has 0 aliphatic rings. The number of guanidine groups is 1. The van der Waals surface area contributed by atoms with Gasteiger partial charge in [0, 0.05) is 32.9 Å². The van der Waals surface area contributed by atoms with E-state index in [2.05, 4.69) is 30.9 Å². The molecule has 152 valence electrons. The molecular formula is C18H22F4N6. The van der Waals surface area contributed by atoms with Crippen LogP contribution < -0.4 is 16.0 Å². The van der Waals surface area contributed by atoms with Gasteiger partial charge in [-0.05, 0) is 42.7 Å². The van der Waals surface area contributed by atoms with Crippen LogP contribution in [0.25, 0.3) is 0 Å². The largest absolute Gasteiger partial charge is 0.433 e. The Labute approximate surface area is 160 Å². The van der Waals surface area contributed by atoms with Crippen molar-refractivity contribution in [1.29, 1.82) is 0 Å². The van der Waals surface area contributed by atoms with Crippen molar-refractivity contribution in [3.63, 3.8) is 0 Å². The van der Waals surface area contributed by atoms with Crippen LogP contribution in [0.4, 0.5) is 23.5 Å². The van der Waals surface area contributed by atoms with Crippen molar-refractivity contribution in [3.05, 3.63) is 53.1 Å². The average molecular weight is 398 g/mol. The summed E-state index contributed by atoms with van der Waals surface area (Å²) in [5, 5.41) is 8.89. The van der Waals surface area contributed by atoms with E-state index in [1.807, 2.05) is 6.92 Å². The molecule has 0 amide bonds.